The van der Waals surface area contributed by atoms with E-state index in [0.29, 0.717) is 21.8 Å². The molecule has 5 nitrogen and oxygen atoms in total. The quantitative estimate of drug-likeness (QED) is 0.734. The molecule has 0 spiro atoms. The second-order valence-corrected chi connectivity index (χ2v) is 5.90. The lowest BCUT2D eigenvalue weighted by Crippen LogP contribution is -2.28. The fourth-order valence-electron chi connectivity index (χ4n) is 2.41. The number of hydrogen-bond acceptors (Lipinski definition) is 2. The molecule has 2 N–H and O–H groups in total. The van der Waals surface area contributed by atoms with Crippen molar-refractivity contribution in [2.75, 3.05) is 5.32 Å². The Kier molecular flexibility index (Phi) is 5.00. The molecule has 0 bridgehead atoms. The number of nitrogens with zero attached hydrogens (tertiary/aromatic N) is 2. The number of rotatable bonds is 4. The molecule has 3 aromatic rings. The second kappa shape index (κ2) is 7.36. The zero-order valence-electron chi connectivity index (χ0n) is 13.5. The molecular weight excluding hydrogens is 343 g/mol. The first-order valence-electron chi connectivity index (χ1n) is 7.60. The number of nitrogens with one attached hydrogen (secondary N) is 2. The molecule has 0 aliphatic carbocycles. The van der Waals surface area contributed by atoms with Gasteiger partial charge in [0.1, 0.15) is 5.82 Å². The number of hydrogen-bond donors (Lipinski definition) is 2. The van der Waals surface area contributed by atoms with E-state index in [1.54, 1.807) is 30.2 Å². The Hall–Kier alpha value is -2.86. The highest BCUT2D eigenvalue weighted by Gasteiger charge is 2.11. The molecule has 0 aliphatic heterocycles. The van der Waals surface area contributed by atoms with Crippen LogP contribution in [-0.4, -0.2) is 15.8 Å². The zero-order chi connectivity index (χ0) is 17.8. The third kappa shape index (κ3) is 4.16. The summed E-state index contributed by atoms with van der Waals surface area (Å²) >= 11 is 6.07. The maximum atomic E-state index is 13.6. The largest absolute Gasteiger partial charge is 0.334 e. The number of amides is 2. The first-order chi connectivity index (χ1) is 12.0. The first kappa shape index (κ1) is 17.0. The van der Waals surface area contributed by atoms with Crippen molar-refractivity contribution in [3.63, 3.8) is 0 Å². The third-order valence-corrected chi connectivity index (χ3v) is 4.01. The lowest BCUT2D eigenvalue weighted by Gasteiger charge is -2.12. The minimum absolute atomic E-state index is 0.287. The molecule has 0 saturated heterocycles. The molecule has 2 aromatic carbocycles. The van der Waals surface area contributed by atoms with Gasteiger partial charge in [-0.2, -0.15) is 5.10 Å². The number of benzene rings is 2. The summed E-state index contributed by atoms with van der Waals surface area (Å²) in [5.74, 6) is -0.388. The van der Waals surface area contributed by atoms with Crippen molar-refractivity contribution in [1.29, 1.82) is 0 Å². The molecule has 0 unspecified atom stereocenters. The summed E-state index contributed by atoms with van der Waals surface area (Å²) in [4.78, 5) is 12.2. The van der Waals surface area contributed by atoms with Gasteiger partial charge in [0.25, 0.3) is 0 Å². The van der Waals surface area contributed by atoms with Gasteiger partial charge in [-0.1, -0.05) is 29.8 Å². The Bertz CT molecular complexity index is 910. The molecule has 2 amide bonds. The van der Waals surface area contributed by atoms with E-state index in [1.165, 1.54) is 18.2 Å². The standard InChI is InChI=1S/C18H16ClFN4O/c1-24-11-13(10-22-24)15-8-14(20)6-7-17(15)23-18(25)21-9-12-4-2-3-5-16(12)19/h2-8,10-11H,9H2,1H3,(H2,21,23,25). The van der Waals surface area contributed by atoms with Crippen LogP contribution in [0.2, 0.25) is 5.02 Å². The smallest absolute Gasteiger partial charge is 0.319 e. The number of anilines is 1. The van der Waals surface area contributed by atoms with E-state index in [1.807, 2.05) is 18.2 Å². The van der Waals surface area contributed by atoms with Crippen LogP contribution in [0.15, 0.2) is 54.9 Å². The van der Waals surface area contributed by atoms with E-state index in [-0.39, 0.29) is 12.4 Å². The summed E-state index contributed by atoms with van der Waals surface area (Å²) in [7, 11) is 1.77. The average molecular weight is 359 g/mol. The number of aryl methyl sites for hydroxylation is 1. The van der Waals surface area contributed by atoms with Crippen LogP contribution < -0.4 is 10.6 Å². The van der Waals surface area contributed by atoms with Crippen molar-refractivity contribution >= 4 is 23.3 Å². The average Bonchev–Trinajstić information content (AvgIpc) is 3.02. The molecule has 3 rings (SSSR count). The lowest BCUT2D eigenvalue weighted by atomic mass is 10.1. The maximum absolute atomic E-state index is 13.6. The number of urea groups is 1. The number of aromatic nitrogens is 2. The normalized spacial score (nSPS) is 10.5. The van der Waals surface area contributed by atoms with Gasteiger partial charge in [-0.3, -0.25) is 4.68 Å². The molecule has 0 saturated carbocycles. The van der Waals surface area contributed by atoms with E-state index in [9.17, 15) is 9.18 Å². The van der Waals surface area contributed by atoms with Gasteiger partial charge in [-0.25, -0.2) is 9.18 Å². The van der Waals surface area contributed by atoms with Crippen LogP contribution in [0.3, 0.4) is 0 Å². The number of carbonyl (C=O) groups excluding carboxylic acids is 1. The first-order valence-corrected chi connectivity index (χ1v) is 7.97. The SMILES string of the molecule is Cn1cc(-c2cc(F)ccc2NC(=O)NCc2ccccc2Cl)cn1. The van der Waals surface area contributed by atoms with Crippen LogP contribution in [0.4, 0.5) is 14.9 Å². The van der Waals surface area contributed by atoms with Crippen LogP contribution in [0, 0.1) is 5.82 Å². The molecule has 0 fully saturated rings. The summed E-state index contributed by atoms with van der Waals surface area (Å²) in [5, 5.41) is 10.1. The van der Waals surface area contributed by atoms with Crippen molar-refractivity contribution in [2.45, 2.75) is 6.54 Å². The summed E-state index contributed by atoms with van der Waals surface area (Å²) in [6.45, 7) is 0.287. The van der Waals surface area contributed by atoms with Crippen molar-refractivity contribution in [3.8, 4) is 11.1 Å². The van der Waals surface area contributed by atoms with Gasteiger partial charge >= 0.3 is 6.03 Å². The van der Waals surface area contributed by atoms with Gasteiger partial charge in [0.05, 0.1) is 11.9 Å². The minimum atomic E-state index is -0.406. The predicted molar refractivity (Wildman–Crippen MR) is 95.9 cm³/mol. The molecule has 1 aromatic heterocycles. The van der Waals surface area contributed by atoms with Gasteiger partial charge in [0.2, 0.25) is 0 Å². The highest BCUT2D eigenvalue weighted by atomic mass is 35.5. The van der Waals surface area contributed by atoms with Gasteiger partial charge < -0.3 is 10.6 Å². The number of halogens is 2. The molecule has 25 heavy (non-hydrogen) atoms. The predicted octanol–water partition coefficient (Wildman–Crippen LogP) is 4.20. The summed E-state index contributed by atoms with van der Waals surface area (Å²) in [6.07, 6.45) is 3.36. The van der Waals surface area contributed by atoms with Crippen molar-refractivity contribution in [3.05, 3.63) is 71.3 Å². The van der Waals surface area contributed by atoms with E-state index >= 15 is 0 Å². The number of carbonyl (C=O) groups is 1. The van der Waals surface area contributed by atoms with E-state index in [0.717, 1.165) is 5.56 Å². The van der Waals surface area contributed by atoms with E-state index < -0.39 is 6.03 Å². The lowest BCUT2D eigenvalue weighted by molar-refractivity contribution is 0.251. The molecular formula is C18H16ClFN4O. The molecule has 0 radical (unpaired) electrons. The zero-order valence-corrected chi connectivity index (χ0v) is 14.2. The van der Waals surface area contributed by atoms with Crippen LogP contribution in [-0.2, 0) is 13.6 Å². The fourth-order valence-corrected chi connectivity index (χ4v) is 2.61. The molecule has 1 heterocycles. The Morgan fingerprint density at radius 2 is 2.08 bits per heavy atom. The van der Waals surface area contributed by atoms with E-state index in [4.69, 9.17) is 11.6 Å². The van der Waals surface area contributed by atoms with Crippen LogP contribution in [0.1, 0.15) is 5.56 Å². The monoisotopic (exact) mass is 358 g/mol. The second-order valence-electron chi connectivity index (χ2n) is 5.49. The van der Waals surface area contributed by atoms with Gasteiger partial charge in [-0.05, 0) is 29.8 Å². The van der Waals surface area contributed by atoms with Crippen molar-refractivity contribution in [2.24, 2.45) is 7.05 Å². The molecule has 7 heteroatoms. The Labute approximate surface area is 149 Å². The Balaban J connectivity index is 1.74. The summed E-state index contributed by atoms with van der Waals surface area (Å²) in [5.41, 5.74) is 2.57. The van der Waals surface area contributed by atoms with Gasteiger partial charge in [0.15, 0.2) is 0 Å². The molecule has 0 atom stereocenters. The highest BCUT2D eigenvalue weighted by molar-refractivity contribution is 6.31. The fraction of sp³-hybridized carbons (Fsp3) is 0.111. The summed E-state index contributed by atoms with van der Waals surface area (Å²) < 4.78 is 15.2. The Morgan fingerprint density at radius 1 is 1.28 bits per heavy atom. The van der Waals surface area contributed by atoms with Crippen molar-refractivity contribution in [1.82, 2.24) is 15.1 Å². The van der Waals surface area contributed by atoms with Crippen molar-refractivity contribution < 1.29 is 9.18 Å². The Morgan fingerprint density at radius 3 is 2.80 bits per heavy atom. The highest BCUT2D eigenvalue weighted by Crippen LogP contribution is 2.28. The van der Waals surface area contributed by atoms with E-state index in [2.05, 4.69) is 15.7 Å². The maximum Gasteiger partial charge on any atom is 0.319 e. The summed E-state index contributed by atoms with van der Waals surface area (Å²) in [6, 6.07) is 11.0. The third-order valence-electron chi connectivity index (χ3n) is 3.64. The molecule has 128 valence electrons. The molecule has 0 aliphatic rings. The van der Waals surface area contributed by atoms with Crippen LogP contribution in [0.25, 0.3) is 11.1 Å². The van der Waals surface area contributed by atoms with Crippen LogP contribution >= 0.6 is 11.6 Å². The topological polar surface area (TPSA) is 59.0 Å². The van der Waals surface area contributed by atoms with Crippen LogP contribution in [0.5, 0.6) is 0 Å². The minimum Gasteiger partial charge on any atom is -0.334 e. The van der Waals surface area contributed by atoms with Gasteiger partial charge in [-0.15, -0.1) is 0 Å². The van der Waals surface area contributed by atoms with Gasteiger partial charge in [0, 0.05) is 35.9 Å².